The second kappa shape index (κ2) is 8.81. The van der Waals surface area contributed by atoms with E-state index < -0.39 is 0 Å². The number of methoxy groups -OCH3 is 2. The molecular weight excluding hydrogens is 363 g/mol. The van der Waals surface area contributed by atoms with Crippen LogP contribution >= 0.6 is 0 Å². The molecule has 144 valence electrons. The Morgan fingerprint density at radius 2 is 1.75 bits per heavy atom. The summed E-state index contributed by atoms with van der Waals surface area (Å²) in [6, 6.07) is 11.5. The van der Waals surface area contributed by atoms with E-state index in [1.54, 1.807) is 36.4 Å². The highest BCUT2D eigenvalue weighted by molar-refractivity contribution is 6.04. The van der Waals surface area contributed by atoms with Gasteiger partial charge in [-0.1, -0.05) is 18.2 Å². The summed E-state index contributed by atoms with van der Waals surface area (Å²) < 4.78 is 24.0. The van der Waals surface area contributed by atoms with E-state index in [2.05, 4.69) is 20.6 Å². The zero-order chi connectivity index (χ0) is 19.9. The molecule has 2 aromatic carbocycles. The Balaban J connectivity index is 1.63. The molecule has 7 nitrogen and oxygen atoms in total. The van der Waals surface area contributed by atoms with Crippen LogP contribution in [-0.4, -0.2) is 30.1 Å². The van der Waals surface area contributed by atoms with Crippen LogP contribution in [0.2, 0.25) is 0 Å². The summed E-state index contributed by atoms with van der Waals surface area (Å²) in [6.07, 6.45) is 2.79. The van der Waals surface area contributed by atoms with Crippen molar-refractivity contribution < 1.29 is 18.7 Å². The summed E-state index contributed by atoms with van der Waals surface area (Å²) in [5.41, 5.74) is 1.33. The first-order chi connectivity index (χ1) is 13.6. The highest BCUT2D eigenvalue weighted by atomic mass is 19.1. The average Bonchev–Trinajstić information content (AvgIpc) is 2.73. The van der Waals surface area contributed by atoms with Crippen LogP contribution < -0.4 is 20.1 Å². The predicted octanol–water partition coefficient (Wildman–Crippen LogP) is 3.50. The number of hydrogen-bond acceptors (Lipinski definition) is 6. The van der Waals surface area contributed by atoms with Crippen molar-refractivity contribution in [1.82, 2.24) is 9.97 Å². The van der Waals surface area contributed by atoms with Crippen molar-refractivity contribution >= 4 is 17.5 Å². The molecule has 28 heavy (non-hydrogen) atoms. The van der Waals surface area contributed by atoms with Crippen LogP contribution in [0.3, 0.4) is 0 Å². The SMILES string of the molecule is COc1ccc(NC(=O)c2cnc(NCc3ccccc3F)nc2)cc1OC. The topological polar surface area (TPSA) is 85.4 Å². The molecule has 0 atom stereocenters. The number of nitrogens with one attached hydrogen (secondary N) is 2. The van der Waals surface area contributed by atoms with Crippen molar-refractivity contribution in [3.63, 3.8) is 0 Å². The lowest BCUT2D eigenvalue weighted by molar-refractivity contribution is 0.102. The van der Waals surface area contributed by atoms with E-state index in [1.165, 1.54) is 32.7 Å². The van der Waals surface area contributed by atoms with Gasteiger partial charge in [0, 0.05) is 36.3 Å². The molecule has 8 heteroatoms. The minimum atomic E-state index is -0.368. The fourth-order valence-corrected chi connectivity index (χ4v) is 2.47. The molecule has 2 N–H and O–H groups in total. The summed E-state index contributed by atoms with van der Waals surface area (Å²) in [6.45, 7) is 0.240. The van der Waals surface area contributed by atoms with E-state index in [0.717, 1.165) is 0 Å². The average molecular weight is 382 g/mol. The summed E-state index contributed by atoms with van der Waals surface area (Å²) >= 11 is 0. The lowest BCUT2D eigenvalue weighted by Crippen LogP contribution is -2.13. The zero-order valence-electron chi connectivity index (χ0n) is 15.4. The maximum absolute atomic E-state index is 13.6. The van der Waals surface area contributed by atoms with Crippen LogP contribution in [0.1, 0.15) is 15.9 Å². The Morgan fingerprint density at radius 3 is 2.43 bits per heavy atom. The molecular formula is C20H19FN4O3. The highest BCUT2D eigenvalue weighted by Crippen LogP contribution is 2.29. The van der Waals surface area contributed by atoms with Gasteiger partial charge in [0.15, 0.2) is 11.5 Å². The van der Waals surface area contributed by atoms with Gasteiger partial charge < -0.3 is 20.1 Å². The molecule has 0 radical (unpaired) electrons. The summed E-state index contributed by atoms with van der Waals surface area (Å²) in [7, 11) is 3.06. The minimum absolute atomic E-state index is 0.240. The lowest BCUT2D eigenvalue weighted by atomic mass is 10.2. The number of carbonyl (C=O) groups is 1. The van der Waals surface area contributed by atoms with Crippen molar-refractivity contribution in [2.75, 3.05) is 24.9 Å². The predicted molar refractivity (Wildman–Crippen MR) is 103 cm³/mol. The molecule has 0 spiro atoms. The monoisotopic (exact) mass is 382 g/mol. The number of aromatic nitrogens is 2. The third-order valence-corrected chi connectivity index (χ3v) is 3.95. The second-order valence-electron chi connectivity index (χ2n) is 5.76. The molecule has 0 saturated carbocycles. The van der Waals surface area contributed by atoms with Gasteiger partial charge in [-0.05, 0) is 18.2 Å². The largest absolute Gasteiger partial charge is 0.493 e. The molecule has 0 saturated heterocycles. The van der Waals surface area contributed by atoms with Crippen LogP contribution in [0.15, 0.2) is 54.9 Å². The number of anilines is 2. The molecule has 1 aromatic heterocycles. The number of benzene rings is 2. The van der Waals surface area contributed by atoms with Gasteiger partial charge in [-0.2, -0.15) is 0 Å². The summed E-state index contributed by atoms with van der Waals surface area (Å²) in [4.78, 5) is 20.6. The number of carbonyl (C=O) groups excluding carboxylic acids is 1. The van der Waals surface area contributed by atoms with Gasteiger partial charge in [-0.15, -0.1) is 0 Å². The maximum atomic E-state index is 13.6. The van der Waals surface area contributed by atoms with E-state index in [4.69, 9.17) is 9.47 Å². The van der Waals surface area contributed by atoms with Crippen LogP contribution in [0.25, 0.3) is 0 Å². The quantitative estimate of drug-likeness (QED) is 0.651. The lowest BCUT2D eigenvalue weighted by Gasteiger charge is -2.10. The number of hydrogen-bond donors (Lipinski definition) is 2. The second-order valence-corrected chi connectivity index (χ2v) is 5.76. The summed E-state index contributed by atoms with van der Waals surface area (Å²) in [5.74, 6) is 0.693. The number of nitrogens with zero attached hydrogens (tertiary/aromatic N) is 2. The van der Waals surface area contributed by atoms with Crippen molar-refractivity contribution in [3.8, 4) is 11.5 Å². The van der Waals surface area contributed by atoms with Crippen LogP contribution in [0.5, 0.6) is 11.5 Å². The van der Waals surface area contributed by atoms with Gasteiger partial charge in [-0.3, -0.25) is 4.79 Å². The van der Waals surface area contributed by atoms with E-state index in [9.17, 15) is 9.18 Å². The number of rotatable bonds is 7. The molecule has 0 fully saturated rings. The number of ether oxygens (including phenoxy) is 2. The molecule has 0 unspecified atom stereocenters. The van der Waals surface area contributed by atoms with Crippen LogP contribution in [0.4, 0.5) is 16.0 Å². The van der Waals surface area contributed by atoms with Gasteiger partial charge in [0.05, 0.1) is 19.8 Å². The van der Waals surface area contributed by atoms with Gasteiger partial charge in [-0.25, -0.2) is 14.4 Å². The molecule has 0 aliphatic rings. The van der Waals surface area contributed by atoms with Crippen molar-refractivity contribution in [2.45, 2.75) is 6.54 Å². The first-order valence-electron chi connectivity index (χ1n) is 8.43. The van der Waals surface area contributed by atoms with Gasteiger partial charge in [0.25, 0.3) is 5.91 Å². The smallest absolute Gasteiger partial charge is 0.258 e. The Labute approximate surface area is 161 Å². The first-order valence-corrected chi connectivity index (χ1v) is 8.43. The van der Waals surface area contributed by atoms with E-state index in [-0.39, 0.29) is 23.8 Å². The third kappa shape index (κ3) is 4.53. The Kier molecular flexibility index (Phi) is 6.01. The Hall–Kier alpha value is -3.68. The van der Waals surface area contributed by atoms with Crippen molar-refractivity contribution in [2.24, 2.45) is 0 Å². The standard InChI is InChI=1S/C20H19FN4O3/c1-27-17-8-7-15(9-18(17)28-2)25-19(26)14-11-23-20(24-12-14)22-10-13-5-3-4-6-16(13)21/h3-9,11-12H,10H2,1-2H3,(H,25,26)(H,22,23,24). The zero-order valence-corrected chi connectivity index (χ0v) is 15.4. The van der Waals surface area contributed by atoms with E-state index in [0.29, 0.717) is 28.7 Å². The maximum Gasteiger partial charge on any atom is 0.258 e. The van der Waals surface area contributed by atoms with E-state index in [1.807, 2.05) is 0 Å². The number of amides is 1. The Morgan fingerprint density at radius 1 is 1.04 bits per heavy atom. The molecule has 3 aromatic rings. The third-order valence-electron chi connectivity index (χ3n) is 3.95. The van der Waals surface area contributed by atoms with Crippen molar-refractivity contribution in [3.05, 3.63) is 71.8 Å². The fraction of sp³-hybridized carbons (Fsp3) is 0.150. The Bertz CT molecular complexity index is 964. The number of halogens is 1. The molecule has 0 bridgehead atoms. The molecule has 0 aliphatic carbocycles. The van der Waals surface area contributed by atoms with Gasteiger partial charge >= 0.3 is 0 Å². The van der Waals surface area contributed by atoms with Crippen LogP contribution in [-0.2, 0) is 6.54 Å². The van der Waals surface area contributed by atoms with Crippen molar-refractivity contribution in [1.29, 1.82) is 0 Å². The molecule has 1 amide bonds. The van der Waals surface area contributed by atoms with Gasteiger partial charge in [0.1, 0.15) is 5.82 Å². The normalized spacial score (nSPS) is 10.2. The molecule has 3 rings (SSSR count). The highest BCUT2D eigenvalue weighted by Gasteiger charge is 2.11. The van der Waals surface area contributed by atoms with E-state index >= 15 is 0 Å². The minimum Gasteiger partial charge on any atom is -0.493 e. The molecule has 1 heterocycles. The van der Waals surface area contributed by atoms with Crippen LogP contribution in [0, 0.1) is 5.82 Å². The fourth-order valence-electron chi connectivity index (χ4n) is 2.47. The molecule has 0 aliphatic heterocycles. The summed E-state index contributed by atoms with van der Waals surface area (Å²) in [5, 5.41) is 5.67. The first kappa shape index (κ1) is 19.1. The van der Waals surface area contributed by atoms with Gasteiger partial charge in [0.2, 0.25) is 5.95 Å².